The normalized spacial score (nSPS) is 11.1. The molecule has 1 heterocycles. The second-order valence-corrected chi connectivity index (χ2v) is 4.18. The number of carbonyl (C=O) groups is 1. The second kappa shape index (κ2) is 3.72. The largest absolute Gasteiger partial charge is 0.465 e. The molecule has 1 rings (SSSR count). The molecule has 0 bridgehead atoms. The average Bonchev–Trinajstić information content (AvgIpc) is 1.99. The molecule has 0 aliphatic heterocycles. The highest BCUT2D eigenvalue weighted by Gasteiger charge is 2.18. The van der Waals surface area contributed by atoms with Crippen LogP contribution in [0.1, 0.15) is 26.6 Å². The van der Waals surface area contributed by atoms with E-state index < -0.39 is 6.09 Å². The number of hydrogen-bond donors (Lipinski definition) is 3. The van der Waals surface area contributed by atoms with Gasteiger partial charge in [0.2, 0.25) is 0 Å². The first kappa shape index (κ1) is 11.2. The van der Waals surface area contributed by atoms with E-state index in [1.165, 1.54) is 6.07 Å². The van der Waals surface area contributed by atoms with Crippen molar-refractivity contribution in [1.29, 1.82) is 0 Å². The summed E-state index contributed by atoms with van der Waals surface area (Å²) in [4.78, 5) is 18.5. The van der Waals surface area contributed by atoms with Crippen LogP contribution in [-0.4, -0.2) is 21.2 Å². The van der Waals surface area contributed by atoms with E-state index in [9.17, 15) is 4.79 Å². The highest BCUT2D eigenvalue weighted by atomic mass is 16.4. The molecule has 0 atom stereocenters. The van der Waals surface area contributed by atoms with Crippen molar-refractivity contribution in [2.24, 2.45) is 0 Å². The third-order valence-corrected chi connectivity index (χ3v) is 1.65. The Morgan fingerprint density at radius 3 is 2.53 bits per heavy atom. The van der Waals surface area contributed by atoms with Crippen molar-refractivity contribution >= 4 is 17.7 Å². The highest BCUT2D eigenvalue weighted by Crippen LogP contribution is 2.20. The molecular weight excluding hydrogens is 196 g/mol. The van der Waals surface area contributed by atoms with Crippen LogP contribution in [0.15, 0.2) is 6.07 Å². The maximum absolute atomic E-state index is 10.4. The van der Waals surface area contributed by atoms with Crippen molar-refractivity contribution in [3.63, 3.8) is 0 Å². The molecule has 6 nitrogen and oxygen atoms in total. The van der Waals surface area contributed by atoms with Crippen LogP contribution in [0.2, 0.25) is 0 Å². The molecule has 0 aliphatic rings. The van der Waals surface area contributed by atoms with E-state index in [2.05, 4.69) is 15.3 Å². The molecule has 0 unspecified atom stereocenters. The Hall–Kier alpha value is -1.85. The molecule has 0 fully saturated rings. The van der Waals surface area contributed by atoms with Crippen molar-refractivity contribution in [1.82, 2.24) is 9.97 Å². The van der Waals surface area contributed by atoms with Crippen LogP contribution in [0.5, 0.6) is 0 Å². The topological polar surface area (TPSA) is 101 Å². The average molecular weight is 210 g/mol. The van der Waals surface area contributed by atoms with Gasteiger partial charge in [-0.3, -0.25) is 5.32 Å². The van der Waals surface area contributed by atoms with Crippen LogP contribution in [0.4, 0.5) is 16.4 Å². The number of carboxylic acid groups (broad SMARTS) is 1. The van der Waals surface area contributed by atoms with Gasteiger partial charge < -0.3 is 10.8 Å². The number of nitrogens with zero attached hydrogens (tertiary/aromatic N) is 2. The standard InChI is InChI=1S/C9H14N4O2/c1-9(2,3)7-11-5(10)4-6(12-7)13-8(14)15/h4H,1-3H3,(H,14,15)(H3,10,11,12,13). The van der Waals surface area contributed by atoms with Gasteiger partial charge in [0.05, 0.1) is 0 Å². The summed E-state index contributed by atoms with van der Waals surface area (Å²) < 4.78 is 0. The zero-order chi connectivity index (χ0) is 11.6. The zero-order valence-electron chi connectivity index (χ0n) is 8.90. The fourth-order valence-electron chi connectivity index (χ4n) is 0.975. The molecule has 1 aromatic heterocycles. The number of nitrogens with two attached hydrogens (primary N) is 1. The number of anilines is 2. The lowest BCUT2D eigenvalue weighted by molar-refractivity contribution is 0.209. The quantitative estimate of drug-likeness (QED) is 0.651. The van der Waals surface area contributed by atoms with E-state index in [1.54, 1.807) is 0 Å². The summed E-state index contributed by atoms with van der Waals surface area (Å²) in [5.41, 5.74) is 5.27. The molecule has 0 saturated heterocycles. The lowest BCUT2D eigenvalue weighted by Gasteiger charge is -2.17. The number of aromatic nitrogens is 2. The van der Waals surface area contributed by atoms with Crippen molar-refractivity contribution in [3.8, 4) is 0 Å². The van der Waals surface area contributed by atoms with Gasteiger partial charge in [-0.15, -0.1) is 0 Å². The first-order valence-electron chi connectivity index (χ1n) is 4.44. The third kappa shape index (κ3) is 3.08. The Balaban J connectivity index is 3.11. The maximum atomic E-state index is 10.4. The van der Waals surface area contributed by atoms with Gasteiger partial charge in [0.1, 0.15) is 17.5 Å². The molecule has 0 aliphatic carbocycles. The van der Waals surface area contributed by atoms with E-state index in [0.29, 0.717) is 5.82 Å². The van der Waals surface area contributed by atoms with Gasteiger partial charge >= 0.3 is 6.09 Å². The number of hydrogen-bond acceptors (Lipinski definition) is 4. The molecule has 0 radical (unpaired) electrons. The van der Waals surface area contributed by atoms with Gasteiger partial charge in [-0.2, -0.15) is 0 Å². The molecule has 15 heavy (non-hydrogen) atoms. The smallest absolute Gasteiger partial charge is 0.410 e. The minimum absolute atomic E-state index is 0.194. The Morgan fingerprint density at radius 2 is 2.07 bits per heavy atom. The van der Waals surface area contributed by atoms with E-state index in [1.807, 2.05) is 20.8 Å². The van der Waals surface area contributed by atoms with E-state index >= 15 is 0 Å². The van der Waals surface area contributed by atoms with Gasteiger partial charge in [-0.05, 0) is 0 Å². The third-order valence-electron chi connectivity index (χ3n) is 1.65. The number of nitrogen functional groups attached to an aromatic ring is 1. The molecule has 0 aromatic carbocycles. The molecule has 0 spiro atoms. The van der Waals surface area contributed by atoms with Gasteiger partial charge in [0.25, 0.3) is 0 Å². The lowest BCUT2D eigenvalue weighted by atomic mass is 9.96. The SMILES string of the molecule is CC(C)(C)c1nc(N)cc(NC(=O)O)n1. The minimum Gasteiger partial charge on any atom is -0.465 e. The minimum atomic E-state index is -1.17. The lowest BCUT2D eigenvalue weighted by Crippen LogP contribution is -2.19. The van der Waals surface area contributed by atoms with Crippen LogP contribution < -0.4 is 11.1 Å². The van der Waals surface area contributed by atoms with Gasteiger partial charge in [-0.1, -0.05) is 20.8 Å². The summed E-state index contributed by atoms with van der Waals surface area (Å²) in [5.74, 6) is 0.949. The van der Waals surface area contributed by atoms with Crippen molar-refractivity contribution in [2.45, 2.75) is 26.2 Å². The summed E-state index contributed by atoms with van der Waals surface area (Å²) >= 11 is 0. The fraction of sp³-hybridized carbons (Fsp3) is 0.444. The molecule has 4 N–H and O–H groups in total. The summed E-state index contributed by atoms with van der Waals surface area (Å²) in [6.07, 6.45) is -1.17. The summed E-state index contributed by atoms with van der Waals surface area (Å²) in [6, 6.07) is 1.38. The molecule has 1 aromatic rings. The summed E-state index contributed by atoms with van der Waals surface area (Å²) in [7, 11) is 0. The summed E-state index contributed by atoms with van der Waals surface area (Å²) in [6.45, 7) is 5.77. The zero-order valence-corrected chi connectivity index (χ0v) is 8.90. The van der Waals surface area contributed by atoms with E-state index in [-0.39, 0.29) is 17.1 Å². The Bertz CT molecular complexity index is 384. The monoisotopic (exact) mass is 210 g/mol. The van der Waals surface area contributed by atoms with Crippen LogP contribution >= 0.6 is 0 Å². The predicted octanol–water partition coefficient (Wildman–Crippen LogP) is 1.45. The maximum Gasteiger partial charge on any atom is 0.410 e. The van der Waals surface area contributed by atoms with E-state index in [4.69, 9.17) is 10.8 Å². The van der Waals surface area contributed by atoms with Crippen LogP contribution in [0.25, 0.3) is 0 Å². The van der Waals surface area contributed by atoms with Crippen LogP contribution in [0.3, 0.4) is 0 Å². The number of rotatable bonds is 1. The first-order chi connectivity index (χ1) is 6.79. The molecule has 1 amide bonds. The van der Waals surface area contributed by atoms with E-state index in [0.717, 1.165) is 0 Å². The van der Waals surface area contributed by atoms with Crippen molar-refractivity contribution in [2.75, 3.05) is 11.1 Å². The van der Waals surface area contributed by atoms with Crippen LogP contribution in [0, 0.1) is 0 Å². The highest BCUT2D eigenvalue weighted by molar-refractivity contribution is 5.81. The van der Waals surface area contributed by atoms with Gasteiger partial charge in [0.15, 0.2) is 0 Å². The predicted molar refractivity (Wildman–Crippen MR) is 56.8 cm³/mol. The van der Waals surface area contributed by atoms with Crippen LogP contribution in [-0.2, 0) is 5.41 Å². The number of nitrogens with one attached hydrogen (secondary N) is 1. The summed E-state index contributed by atoms with van der Waals surface area (Å²) in [5, 5.41) is 10.7. The first-order valence-corrected chi connectivity index (χ1v) is 4.44. The second-order valence-electron chi connectivity index (χ2n) is 4.18. The molecule has 82 valence electrons. The molecular formula is C9H14N4O2. The molecule has 0 saturated carbocycles. The Kier molecular flexibility index (Phi) is 2.78. The van der Waals surface area contributed by atoms with Crippen molar-refractivity contribution in [3.05, 3.63) is 11.9 Å². The van der Waals surface area contributed by atoms with Crippen molar-refractivity contribution < 1.29 is 9.90 Å². The molecule has 6 heteroatoms. The Labute approximate surface area is 87.5 Å². The Morgan fingerprint density at radius 1 is 1.47 bits per heavy atom. The fourth-order valence-corrected chi connectivity index (χ4v) is 0.975. The van der Waals surface area contributed by atoms with Gasteiger partial charge in [0, 0.05) is 11.5 Å². The van der Waals surface area contributed by atoms with Gasteiger partial charge in [-0.25, -0.2) is 14.8 Å². The number of amides is 1.